The standard InChI is InChI=1S/C26H21F5N4O3.C25H21F2N3O4/c27-17-5-6-21(20(28)10-17)33-18-12-35(13-18)22-19(9-16(11-32-22)26(29,30)31)23(36)34-25(7-8-25)15-3-1-14(2-4-15)24(37)38;26-17-2-1-3-19(10-17)34-20-13-30(14-20)22-21(11-18(27)12-28-22)23(31)29-25(8-9-25)16-6-4-15(5-7-16)24(32)33/h1-6,9-11,18,33H,7-8,12-13H2,(H,34,36)(H,37,38);1-7,10-12,20H,8-9,13-14H2,(H,29,31)(H,32,33). The SMILES string of the molecule is O=C(O)c1ccc(C2(NC(=O)c3cc(C(F)(F)F)cnc3N3CC(Nc4ccc(F)cc4F)C3)CC2)cc1.O=C(O)c1ccc(C2(NC(=O)c3cc(F)cnc3N3CC(Oc4cccc(F)c4)C3)CC2)cc1. The molecule has 0 radical (unpaired) electrons. The highest BCUT2D eigenvalue weighted by Crippen LogP contribution is 2.47. The molecule has 10 rings (SSSR count). The van der Waals surface area contributed by atoms with Gasteiger partial charge < -0.3 is 40.7 Å². The van der Waals surface area contributed by atoms with Gasteiger partial charge in [-0.25, -0.2) is 37.1 Å². The average Bonchev–Trinajstić information content (AvgIpc) is 4.27. The van der Waals surface area contributed by atoms with Crippen LogP contribution in [0, 0.1) is 23.3 Å². The Labute approximate surface area is 405 Å². The number of benzene rings is 4. The van der Waals surface area contributed by atoms with Crippen LogP contribution in [0.15, 0.2) is 116 Å². The van der Waals surface area contributed by atoms with E-state index in [0.29, 0.717) is 62.1 Å². The lowest BCUT2D eigenvalue weighted by atomic mass is 10.0. The van der Waals surface area contributed by atoms with Crippen molar-refractivity contribution in [2.24, 2.45) is 0 Å². The predicted molar refractivity (Wildman–Crippen MR) is 246 cm³/mol. The number of carbonyl (C=O) groups excluding carboxylic acids is 2. The van der Waals surface area contributed by atoms with E-state index < -0.39 is 64.0 Å². The molecule has 21 heteroatoms. The number of hydrogen-bond donors (Lipinski definition) is 5. The molecule has 4 heterocycles. The zero-order valence-corrected chi connectivity index (χ0v) is 37.7. The molecule has 6 aromatic rings. The molecule has 4 aliphatic rings. The van der Waals surface area contributed by atoms with Gasteiger partial charge in [0.2, 0.25) is 0 Å². The number of carbonyl (C=O) groups is 4. The fourth-order valence-electron chi connectivity index (χ4n) is 8.53. The van der Waals surface area contributed by atoms with Crippen LogP contribution in [0.2, 0.25) is 0 Å². The fourth-order valence-corrected chi connectivity index (χ4v) is 8.53. The largest absolute Gasteiger partial charge is 0.487 e. The number of pyridine rings is 2. The molecule has 0 unspecified atom stereocenters. The summed E-state index contributed by atoms with van der Waals surface area (Å²) in [5.74, 6) is -5.05. The van der Waals surface area contributed by atoms with Gasteiger partial charge in [0.1, 0.15) is 46.8 Å². The summed E-state index contributed by atoms with van der Waals surface area (Å²) in [5, 5.41) is 26.9. The summed E-state index contributed by atoms with van der Waals surface area (Å²) in [6.45, 7) is 1.27. The molecule has 2 aliphatic carbocycles. The molecule has 5 N–H and O–H groups in total. The number of carboxylic acid groups (broad SMARTS) is 2. The number of nitrogens with one attached hydrogen (secondary N) is 3. The first kappa shape index (κ1) is 48.8. The summed E-state index contributed by atoms with van der Waals surface area (Å²) < 4.78 is 101. The predicted octanol–water partition coefficient (Wildman–Crippen LogP) is 8.54. The summed E-state index contributed by atoms with van der Waals surface area (Å²) in [4.78, 5) is 60.2. The van der Waals surface area contributed by atoms with Gasteiger partial charge in [0, 0.05) is 31.4 Å². The van der Waals surface area contributed by atoms with Gasteiger partial charge in [0.05, 0.1) is 69.9 Å². The summed E-state index contributed by atoms with van der Waals surface area (Å²) in [6.07, 6.45) is -0.769. The molecule has 2 saturated heterocycles. The summed E-state index contributed by atoms with van der Waals surface area (Å²) in [7, 11) is 0. The number of nitrogens with zero attached hydrogens (tertiary/aromatic N) is 4. The highest BCUT2D eigenvalue weighted by Gasteiger charge is 2.48. The van der Waals surface area contributed by atoms with Gasteiger partial charge in [-0.05, 0) is 97.5 Å². The number of amides is 2. The molecule has 2 amide bonds. The lowest BCUT2D eigenvalue weighted by molar-refractivity contribution is -0.137. The van der Waals surface area contributed by atoms with Gasteiger partial charge in [-0.2, -0.15) is 13.2 Å². The van der Waals surface area contributed by atoms with Gasteiger partial charge >= 0.3 is 18.1 Å². The van der Waals surface area contributed by atoms with E-state index in [-0.39, 0.29) is 64.8 Å². The molecular formula is C51H42F7N7O7. The van der Waals surface area contributed by atoms with Crippen LogP contribution < -0.4 is 30.5 Å². The molecular weight excluding hydrogens is 956 g/mol. The first-order chi connectivity index (χ1) is 34.3. The number of halogens is 7. The van der Waals surface area contributed by atoms with Gasteiger partial charge in [-0.1, -0.05) is 30.3 Å². The zero-order valence-electron chi connectivity index (χ0n) is 37.7. The number of carboxylic acids is 2. The Kier molecular flexibility index (Phi) is 13.0. The third-order valence-corrected chi connectivity index (χ3v) is 12.8. The van der Waals surface area contributed by atoms with Crippen molar-refractivity contribution >= 4 is 41.1 Å². The Bertz CT molecular complexity index is 3070. The number of alkyl halides is 3. The fraction of sp³-hybridized carbons (Fsp3) is 0.255. The van der Waals surface area contributed by atoms with Crippen molar-refractivity contribution in [1.82, 2.24) is 20.6 Å². The van der Waals surface area contributed by atoms with Crippen LogP contribution in [0.25, 0.3) is 0 Å². The minimum Gasteiger partial charge on any atom is -0.487 e. The maximum absolute atomic E-state index is 14.0. The molecule has 72 heavy (non-hydrogen) atoms. The Hall–Kier alpha value is -8.23. The molecule has 2 aliphatic heterocycles. The third kappa shape index (κ3) is 10.6. The van der Waals surface area contributed by atoms with E-state index in [1.807, 2.05) is 0 Å². The maximum Gasteiger partial charge on any atom is 0.417 e. The van der Waals surface area contributed by atoms with Gasteiger partial charge in [-0.15, -0.1) is 0 Å². The molecule has 4 fully saturated rings. The van der Waals surface area contributed by atoms with Crippen LogP contribution in [0.3, 0.4) is 0 Å². The lowest BCUT2D eigenvalue weighted by Gasteiger charge is -2.41. The van der Waals surface area contributed by atoms with Crippen molar-refractivity contribution in [1.29, 1.82) is 0 Å². The second-order valence-corrected chi connectivity index (χ2v) is 17.9. The summed E-state index contributed by atoms with van der Waals surface area (Å²) in [5.41, 5.74) is -0.913. The Balaban J connectivity index is 0.000000179. The second-order valence-electron chi connectivity index (χ2n) is 17.9. The van der Waals surface area contributed by atoms with Crippen molar-refractivity contribution in [3.05, 3.63) is 178 Å². The normalized spacial score (nSPS) is 16.5. The van der Waals surface area contributed by atoms with E-state index in [0.717, 1.165) is 36.0 Å². The van der Waals surface area contributed by atoms with Crippen molar-refractivity contribution in [2.75, 3.05) is 41.3 Å². The van der Waals surface area contributed by atoms with E-state index in [9.17, 15) is 49.9 Å². The molecule has 2 saturated carbocycles. The second kappa shape index (κ2) is 19.2. The molecule has 0 atom stereocenters. The topological polar surface area (TPSA) is 186 Å². The Morgan fingerprint density at radius 1 is 0.611 bits per heavy atom. The van der Waals surface area contributed by atoms with Gasteiger partial charge in [-0.3, -0.25) is 9.59 Å². The van der Waals surface area contributed by atoms with Crippen LogP contribution in [0.1, 0.15) is 83.8 Å². The molecule has 0 bridgehead atoms. The van der Waals surface area contributed by atoms with E-state index in [4.69, 9.17) is 14.9 Å². The van der Waals surface area contributed by atoms with E-state index in [1.54, 1.807) is 46.2 Å². The van der Waals surface area contributed by atoms with E-state index in [1.165, 1.54) is 42.5 Å². The van der Waals surface area contributed by atoms with Gasteiger partial charge in [0.25, 0.3) is 11.8 Å². The third-order valence-electron chi connectivity index (χ3n) is 12.8. The number of rotatable bonds is 14. The number of aromatic carboxylic acids is 2. The highest BCUT2D eigenvalue weighted by atomic mass is 19.4. The molecule has 372 valence electrons. The van der Waals surface area contributed by atoms with Crippen LogP contribution in [0.4, 0.5) is 48.1 Å². The number of aromatic nitrogens is 2. The van der Waals surface area contributed by atoms with E-state index >= 15 is 0 Å². The van der Waals surface area contributed by atoms with Crippen molar-refractivity contribution < 1.29 is 64.9 Å². The van der Waals surface area contributed by atoms with Gasteiger partial charge in [0.15, 0.2) is 0 Å². The first-order valence-electron chi connectivity index (χ1n) is 22.5. The Morgan fingerprint density at radius 2 is 1.12 bits per heavy atom. The summed E-state index contributed by atoms with van der Waals surface area (Å²) >= 11 is 0. The molecule has 4 aromatic carbocycles. The number of ether oxygens (including phenoxy) is 1. The van der Waals surface area contributed by atoms with Crippen molar-refractivity contribution in [3.8, 4) is 5.75 Å². The Morgan fingerprint density at radius 3 is 1.62 bits per heavy atom. The van der Waals surface area contributed by atoms with Crippen molar-refractivity contribution in [2.45, 2.75) is 55.1 Å². The zero-order chi connectivity index (χ0) is 51.1. The molecule has 2 aromatic heterocycles. The molecule has 14 nitrogen and oxygen atoms in total. The average molecular weight is 998 g/mol. The van der Waals surface area contributed by atoms with Crippen LogP contribution in [0.5, 0.6) is 5.75 Å². The highest BCUT2D eigenvalue weighted by molar-refractivity contribution is 6.01. The van der Waals surface area contributed by atoms with Crippen LogP contribution >= 0.6 is 0 Å². The lowest BCUT2D eigenvalue weighted by Crippen LogP contribution is -2.56. The minimum atomic E-state index is -4.72. The quantitative estimate of drug-likeness (QED) is 0.0656. The van der Waals surface area contributed by atoms with Crippen LogP contribution in [-0.2, 0) is 17.3 Å². The number of hydrogen-bond acceptors (Lipinski definition) is 10. The first-order valence-corrected chi connectivity index (χ1v) is 22.5. The number of anilines is 3. The maximum atomic E-state index is 14.0. The van der Waals surface area contributed by atoms with Crippen molar-refractivity contribution in [3.63, 3.8) is 0 Å². The summed E-state index contributed by atoms with van der Waals surface area (Å²) in [6, 6.07) is 22.9. The minimum absolute atomic E-state index is 0.0464. The smallest absolute Gasteiger partial charge is 0.417 e. The molecule has 0 spiro atoms. The van der Waals surface area contributed by atoms with E-state index in [2.05, 4.69) is 25.9 Å². The van der Waals surface area contributed by atoms with Crippen LogP contribution in [-0.4, -0.2) is 82.3 Å². The monoisotopic (exact) mass is 997 g/mol.